The molecule has 0 aliphatic carbocycles. The van der Waals surface area contributed by atoms with Gasteiger partial charge in [-0.15, -0.1) is 12.6 Å². The fourth-order valence-electron chi connectivity index (χ4n) is 2.57. The van der Waals surface area contributed by atoms with Crippen molar-refractivity contribution in [2.24, 2.45) is 0 Å². The molecule has 0 unspecified atom stereocenters. The summed E-state index contributed by atoms with van der Waals surface area (Å²) in [5.41, 5.74) is -1.04. The molecule has 0 aromatic carbocycles. The van der Waals surface area contributed by atoms with Gasteiger partial charge < -0.3 is 50.0 Å². The second kappa shape index (κ2) is 7.89. The van der Waals surface area contributed by atoms with Crippen LogP contribution in [0.3, 0.4) is 0 Å². The maximum atomic E-state index is 10.1. The van der Waals surface area contributed by atoms with Gasteiger partial charge in [-0.05, 0) is 0 Å². The van der Waals surface area contributed by atoms with Crippen molar-refractivity contribution in [3.63, 3.8) is 0 Å². The molecule has 0 radical (unpaired) electrons. The number of hydrogen-bond acceptors (Lipinski definition) is 11. The molecule has 0 spiro atoms. The summed E-state index contributed by atoms with van der Waals surface area (Å²) in [7, 11) is 0. The van der Waals surface area contributed by atoms with E-state index >= 15 is 0 Å². The van der Waals surface area contributed by atoms with Gasteiger partial charge in [-0.1, -0.05) is 0 Å². The molecule has 10 nitrogen and oxygen atoms in total. The number of aliphatic hydroxyl groups excluding tert-OH is 7. The van der Waals surface area contributed by atoms with Crippen LogP contribution in [-0.2, 0) is 14.2 Å². The zero-order chi connectivity index (χ0) is 17.3. The molecular weight excluding hydrogens is 336 g/mol. The van der Waals surface area contributed by atoms with Crippen molar-refractivity contribution in [1.29, 1.82) is 0 Å². The van der Waals surface area contributed by atoms with Crippen LogP contribution in [0, 0.1) is 0 Å². The van der Waals surface area contributed by atoms with Gasteiger partial charge in [-0.2, -0.15) is 0 Å². The summed E-state index contributed by atoms with van der Waals surface area (Å²) in [6, 6.07) is 0. The Morgan fingerprint density at radius 2 is 1.35 bits per heavy atom. The summed E-state index contributed by atoms with van der Waals surface area (Å²) in [6.45, 7) is -1.21. The van der Waals surface area contributed by atoms with Crippen molar-refractivity contribution in [3.05, 3.63) is 0 Å². The highest BCUT2D eigenvalue weighted by Crippen LogP contribution is 2.29. The molecule has 11 heteroatoms. The first kappa shape index (κ1) is 19.3. The van der Waals surface area contributed by atoms with Crippen LogP contribution in [0.1, 0.15) is 0 Å². The Morgan fingerprint density at radius 3 is 1.91 bits per heavy atom. The number of rotatable bonds is 4. The predicted molar refractivity (Wildman–Crippen MR) is 75.4 cm³/mol. The second-order valence-corrected chi connectivity index (χ2v) is 6.04. The summed E-state index contributed by atoms with van der Waals surface area (Å²) in [6.07, 6.45) is -12.9. The van der Waals surface area contributed by atoms with Gasteiger partial charge in [0.2, 0.25) is 0 Å². The van der Waals surface area contributed by atoms with E-state index in [1.165, 1.54) is 0 Å². The Hall–Kier alpha value is -0.0500. The number of aliphatic hydroxyl groups is 7. The van der Waals surface area contributed by atoms with Gasteiger partial charge in [0.05, 0.1) is 13.2 Å². The summed E-state index contributed by atoms with van der Waals surface area (Å²) in [4.78, 5) is 0. The molecule has 2 saturated heterocycles. The Labute approximate surface area is 137 Å². The second-order valence-electron chi connectivity index (χ2n) is 5.53. The third-order valence-corrected chi connectivity index (χ3v) is 4.41. The molecular formula is C12H22O10S. The molecule has 10 atom stereocenters. The third kappa shape index (κ3) is 3.80. The highest BCUT2D eigenvalue weighted by Gasteiger charge is 2.49. The van der Waals surface area contributed by atoms with Gasteiger partial charge in [0.15, 0.2) is 6.29 Å². The van der Waals surface area contributed by atoms with Crippen molar-refractivity contribution < 1.29 is 50.0 Å². The highest BCUT2D eigenvalue weighted by atomic mass is 32.1. The van der Waals surface area contributed by atoms with Crippen molar-refractivity contribution in [1.82, 2.24) is 0 Å². The van der Waals surface area contributed by atoms with Crippen LogP contribution in [0.4, 0.5) is 0 Å². The first-order valence-corrected chi connectivity index (χ1v) is 7.60. The Kier molecular flexibility index (Phi) is 6.61. The van der Waals surface area contributed by atoms with E-state index in [1.807, 2.05) is 0 Å². The molecule has 2 aliphatic rings. The molecule has 0 saturated carbocycles. The van der Waals surface area contributed by atoms with Crippen LogP contribution in [0.15, 0.2) is 0 Å². The van der Waals surface area contributed by atoms with Crippen molar-refractivity contribution >= 4 is 12.6 Å². The molecule has 2 heterocycles. The van der Waals surface area contributed by atoms with Gasteiger partial charge in [0.1, 0.15) is 54.3 Å². The average molecular weight is 358 g/mol. The molecule has 0 aromatic heterocycles. The third-order valence-electron chi connectivity index (χ3n) is 3.98. The van der Waals surface area contributed by atoms with E-state index in [0.717, 1.165) is 0 Å². The first-order chi connectivity index (χ1) is 10.8. The van der Waals surface area contributed by atoms with Gasteiger partial charge in [0.25, 0.3) is 0 Å². The number of hydrogen-bond donors (Lipinski definition) is 8. The summed E-state index contributed by atoms with van der Waals surface area (Å²) in [5.74, 6) is 0. The lowest BCUT2D eigenvalue weighted by molar-refractivity contribution is -0.338. The topological polar surface area (TPSA) is 169 Å². The van der Waals surface area contributed by atoms with E-state index in [9.17, 15) is 30.6 Å². The lowest BCUT2D eigenvalue weighted by atomic mass is 9.97. The van der Waals surface area contributed by atoms with E-state index in [2.05, 4.69) is 12.6 Å². The molecule has 0 aromatic rings. The molecule has 2 aliphatic heterocycles. The lowest BCUT2D eigenvalue weighted by Crippen LogP contribution is -2.63. The molecule has 7 N–H and O–H groups in total. The van der Waals surface area contributed by atoms with Crippen LogP contribution < -0.4 is 0 Å². The largest absolute Gasteiger partial charge is 0.394 e. The quantitative estimate of drug-likeness (QED) is 0.229. The average Bonchev–Trinajstić information content (AvgIpc) is 2.55. The molecule has 23 heavy (non-hydrogen) atoms. The Balaban J connectivity index is 2.11. The highest BCUT2D eigenvalue weighted by molar-refractivity contribution is 7.80. The van der Waals surface area contributed by atoms with Gasteiger partial charge in [0, 0.05) is 0 Å². The first-order valence-electron chi connectivity index (χ1n) is 7.08. The van der Waals surface area contributed by atoms with E-state index < -0.39 is 73.8 Å². The number of ether oxygens (including phenoxy) is 3. The lowest BCUT2D eigenvalue weighted by Gasteiger charge is -2.45. The monoisotopic (exact) mass is 358 g/mol. The van der Waals surface area contributed by atoms with Crippen LogP contribution in [0.25, 0.3) is 0 Å². The zero-order valence-electron chi connectivity index (χ0n) is 12.0. The SMILES string of the molecule is OC[C@H]1O[C@H](O[C@H]2[C@H](O)[C@@H](O)[C@H](S)O[C@@H]2CO)[C@H](O)[C@@H](O)[C@@H]1O. The van der Waals surface area contributed by atoms with E-state index in [-0.39, 0.29) is 0 Å². The molecule has 2 fully saturated rings. The maximum Gasteiger partial charge on any atom is 0.187 e. The maximum absolute atomic E-state index is 10.1. The molecule has 2 rings (SSSR count). The molecule has 0 bridgehead atoms. The van der Waals surface area contributed by atoms with E-state index in [4.69, 9.17) is 19.3 Å². The standard InChI is InChI=1S/C12H22O10S/c13-1-3-5(15)6(16)8(18)11(20-3)22-10-4(2-14)21-12(23)9(19)7(10)17/h3-19,23H,1-2H2/t3-,4-,5-,6+,7-,8-,9-,10-,11-,12+/m1/s1. The minimum Gasteiger partial charge on any atom is -0.394 e. The van der Waals surface area contributed by atoms with Gasteiger partial charge in [-0.25, -0.2) is 0 Å². The van der Waals surface area contributed by atoms with Crippen LogP contribution in [-0.4, -0.2) is 110 Å². The Morgan fingerprint density at radius 1 is 0.739 bits per heavy atom. The fraction of sp³-hybridized carbons (Fsp3) is 1.00. The van der Waals surface area contributed by atoms with Crippen molar-refractivity contribution in [3.8, 4) is 0 Å². The van der Waals surface area contributed by atoms with Crippen LogP contribution in [0.2, 0.25) is 0 Å². The summed E-state index contributed by atoms with van der Waals surface area (Å²) < 4.78 is 15.7. The van der Waals surface area contributed by atoms with Crippen LogP contribution >= 0.6 is 12.6 Å². The Bertz CT molecular complexity index is 383. The van der Waals surface area contributed by atoms with Crippen molar-refractivity contribution in [2.45, 2.75) is 60.6 Å². The van der Waals surface area contributed by atoms with Gasteiger partial charge >= 0.3 is 0 Å². The van der Waals surface area contributed by atoms with E-state index in [1.54, 1.807) is 0 Å². The fourth-order valence-corrected chi connectivity index (χ4v) is 2.90. The van der Waals surface area contributed by atoms with Crippen LogP contribution in [0.5, 0.6) is 0 Å². The molecule has 136 valence electrons. The summed E-state index contributed by atoms with van der Waals surface area (Å²) in [5, 5.41) is 67.6. The smallest absolute Gasteiger partial charge is 0.187 e. The minimum absolute atomic E-state index is 0.567. The predicted octanol–water partition coefficient (Wildman–Crippen LogP) is -4.46. The zero-order valence-corrected chi connectivity index (χ0v) is 12.9. The molecule has 0 amide bonds. The minimum atomic E-state index is -1.68. The summed E-state index contributed by atoms with van der Waals surface area (Å²) >= 11 is 3.92. The van der Waals surface area contributed by atoms with Crippen molar-refractivity contribution in [2.75, 3.05) is 13.2 Å². The van der Waals surface area contributed by atoms with E-state index in [0.29, 0.717) is 0 Å². The van der Waals surface area contributed by atoms with Gasteiger partial charge in [-0.3, -0.25) is 0 Å². The number of thiol groups is 1. The normalized spacial score (nSPS) is 51.7.